The maximum atomic E-state index is 5.76. The zero-order valence-electron chi connectivity index (χ0n) is 9.28. The second-order valence-corrected chi connectivity index (χ2v) is 4.54. The lowest BCUT2D eigenvalue weighted by atomic mass is 9.92. The molecule has 2 N–H and O–H groups in total. The van der Waals surface area contributed by atoms with Gasteiger partial charge >= 0.3 is 0 Å². The molecule has 0 fully saturated rings. The van der Waals surface area contributed by atoms with E-state index in [0.717, 1.165) is 25.2 Å². The van der Waals surface area contributed by atoms with Gasteiger partial charge in [-0.3, -0.25) is 0 Å². The minimum Gasteiger partial charge on any atom is -0.493 e. The van der Waals surface area contributed by atoms with Crippen LogP contribution < -0.4 is 10.5 Å². The highest BCUT2D eigenvalue weighted by atomic mass is 16.5. The molecule has 1 heterocycles. The van der Waals surface area contributed by atoms with Crippen LogP contribution in [0.15, 0.2) is 24.3 Å². The number of hydrogen-bond acceptors (Lipinski definition) is 2. The number of benzene rings is 1. The maximum absolute atomic E-state index is 5.76. The van der Waals surface area contributed by atoms with E-state index >= 15 is 0 Å². The van der Waals surface area contributed by atoms with Crippen molar-refractivity contribution in [1.82, 2.24) is 0 Å². The molecule has 1 aromatic rings. The molecule has 2 heteroatoms. The minimum absolute atomic E-state index is 0.308. The largest absolute Gasteiger partial charge is 0.493 e. The van der Waals surface area contributed by atoms with Gasteiger partial charge < -0.3 is 10.5 Å². The number of para-hydroxylation sites is 1. The first-order valence-electron chi connectivity index (χ1n) is 5.72. The van der Waals surface area contributed by atoms with Crippen LogP contribution in [0.3, 0.4) is 0 Å². The first-order valence-corrected chi connectivity index (χ1v) is 5.72. The van der Waals surface area contributed by atoms with Gasteiger partial charge in [0.2, 0.25) is 0 Å². The van der Waals surface area contributed by atoms with Gasteiger partial charge in [-0.05, 0) is 43.7 Å². The van der Waals surface area contributed by atoms with E-state index < -0.39 is 0 Å². The fourth-order valence-corrected chi connectivity index (χ4v) is 2.07. The van der Waals surface area contributed by atoms with Gasteiger partial charge in [-0.25, -0.2) is 0 Å². The van der Waals surface area contributed by atoms with Crippen LogP contribution in [-0.4, -0.2) is 12.6 Å². The zero-order chi connectivity index (χ0) is 10.7. The predicted octanol–water partition coefficient (Wildman–Crippen LogP) is 2.37. The molecular weight excluding hydrogens is 186 g/mol. The summed E-state index contributed by atoms with van der Waals surface area (Å²) in [5.74, 6) is 1.71. The standard InChI is InChI=1S/C13H19NO/c1-10(14)6-7-11-8-12-4-2-3-5-13(12)15-9-11/h2-5,10-11H,6-9,14H2,1H3/t10-,11?/m1/s1. The third-order valence-corrected chi connectivity index (χ3v) is 2.99. The molecule has 0 spiro atoms. The lowest BCUT2D eigenvalue weighted by Crippen LogP contribution is -2.23. The SMILES string of the molecule is C[C@@H](N)CCC1COc2ccccc2C1. The van der Waals surface area contributed by atoms with Crippen LogP contribution in [0.4, 0.5) is 0 Å². The molecule has 2 nitrogen and oxygen atoms in total. The average molecular weight is 205 g/mol. The number of rotatable bonds is 3. The molecule has 1 aliphatic heterocycles. The van der Waals surface area contributed by atoms with Crippen LogP contribution in [0.25, 0.3) is 0 Å². The van der Waals surface area contributed by atoms with Gasteiger partial charge in [0.1, 0.15) is 5.75 Å². The molecule has 82 valence electrons. The van der Waals surface area contributed by atoms with Gasteiger partial charge in [0, 0.05) is 6.04 Å². The molecule has 0 aromatic heterocycles. The highest BCUT2D eigenvalue weighted by molar-refractivity contribution is 5.34. The molecule has 1 aromatic carbocycles. The summed E-state index contributed by atoms with van der Waals surface area (Å²) in [7, 11) is 0. The van der Waals surface area contributed by atoms with Crippen molar-refractivity contribution in [2.75, 3.05) is 6.61 Å². The highest BCUT2D eigenvalue weighted by Crippen LogP contribution is 2.28. The van der Waals surface area contributed by atoms with Gasteiger partial charge in [-0.2, -0.15) is 0 Å². The molecule has 0 aliphatic carbocycles. The third kappa shape index (κ3) is 2.72. The normalized spacial score (nSPS) is 21.6. The fourth-order valence-electron chi connectivity index (χ4n) is 2.07. The van der Waals surface area contributed by atoms with Gasteiger partial charge in [0.05, 0.1) is 6.61 Å². The van der Waals surface area contributed by atoms with Crippen molar-refractivity contribution in [1.29, 1.82) is 0 Å². The van der Waals surface area contributed by atoms with Crippen molar-refractivity contribution in [2.24, 2.45) is 11.7 Å². The summed E-state index contributed by atoms with van der Waals surface area (Å²) in [6.45, 7) is 2.92. The van der Waals surface area contributed by atoms with E-state index in [1.807, 2.05) is 6.07 Å². The van der Waals surface area contributed by atoms with E-state index in [0.29, 0.717) is 12.0 Å². The first-order chi connectivity index (χ1) is 7.25. The first kappa shape index (κ1) is 10.5. The van der Waals surface area contributed by atoms with Gasteiger partial charge in [-0.15, -0.1) is 0 Å². The molecule has 0 bridgehead atoms. The molecule has 2 rings (SSSR count). The topological polar surface area (TPSA) is 35.2 Å². The van der Waals surface area contributed by atoms with Crippen LogP contribution >= 0.6 is 0 Å². The number of fused-ring (bicyclic) bond motifs is 1. The Bertz CT molecular complexity index is 322. The van der Waals surface area contributed by atoms with E-state index in [1.165, 1.54) is 12.0 Å². The molecule has 15 heavy (non-hydrogen) atoms. The zero-order valence-corrected chi connectivity index (χ0v) is 9.28. The summed E-state index contributed by atoms with van der Waals surface area (Å²) in [4.78, 5) is 0. The Morgan fingerprint density at radius 1 is 1.47 bits per heavy atom. The molecule has 1 unspecified atom stereocenters. The third-order valence-electron chi connectivity index (χ3n) is 2.99. The van der Waals surface area contributed by atoms with Gasteiger partial charge in [-0.1, -0.05) is 18.2 Å². The predicted molar refractivity (Wildman–Crippen MR) is 62.0 cm³/mol. The van der Waals surface area contributed by atoms with Gasteiger partial charge in [0.25, 0.3) is 0 Å². The quantitative estimate of drug-likeness (QED) is 0.822. The van der Waals surface area contributed by atoms with Crippen LogP contribution in [0.1, 0.15) is 25.3 Å². The average Bonchev–Trinajstić information content (AvgIpc) is 2.26. The molecule has 2 atom stereocenters. The molecule has 0 radical (unpaired) electrons. The monoisotopic (exact) mass is 205 g/mol. The smallest absolute Gasteiger partial charge is 0.122 e. The maximum Gasteiger partial charge on any atom is 0.122 e. The molecule has 0 saturated carbocycles. The van der Waals surface area contributed by atoms with Crippen molar-refractivity contribution in [3.05, 3.63) is 29.8 Å². The summed E-state index contributed by atoms with van der Waals surface area (Å²) in [5, 5.41) is 0. The van der Waals surface area contributed by atoms with E-state index in [4.69, 9.17) is 10.5 Å². The van der Waals surface area contributed by atoms with Crippen LogP contribution in [0, 0.1) is 5.92 Å². The molecule has 0 amide bonds. The second-order valence-electron chi connectivity index (χ2n) is 4.54. The number of ether oxygens (including phenoxy) is 1. The Morgan fingerprint density at radius 2 is 2.27 bits per heavy atom. The van der Waals surface area contributed by atoms with E-state index in [-0.39, 0.29) is 0 Å². The van der Waals surface area contributed by atoms with Crippen LogP contribution in [0.2, 0.25) is 0 Å². The van der Waals surface area contributed by atoms with Crippen molar-refractivity contribution < 1.29 is 4.74 Å². The summed E-state index contributed by atoms with van der Waals surface area (Å²) >= 11 is 0. The summed E-state index contributed by atoms with van der Waals surface area (Å²) < 4.78 is 5.73. The number of hydrogen-bond donors (Lipinski definition) is 1. The minimum atomic E-state index is 0.308. The lowest BCUT2D eigenvalue weighted by Gasteiger charge is -2.25. The van der Waals surface area contributed by atoms with E-state index in [9.17, 15) is 0 Å². The van der Waals surface area contributed by atoms with Crippen LogP contribution in [0.5, 0.6) is 5.75 Å². The summed E-state index contributed by atoms with van der Waals surface area (Å²) in [5.41, 5.74) is 7.11. The Balaban J connectivity index is 1.94. The highest BCUT2D eigenvalue weighted by Gasteiger charge is 2.19. The molecule has 1 aliphatic rings. The van der Waals surface area contributed by atoms with Gasteiger partial charge in [0.15, 0.2) is 0 Å². The van der Waals surface area contributed by atoms with Crippen molar-refractivity contribution in [3.63, 3.8) is 0 Å². The van der Waals surface area contributed by atoms with E-state index in [2.05, 4.69) is 25.1 Å². The van der Waals surface area contributed by atoms with Crippen molar-refractivity contribution in [3.8, 4) is 5.75 Å². The lowest BCUT2D eigenvalue weighted by molar-refractivity contribution is 0.210. The van der Waals surface area contributed by atoms with E-state index in [1.54, 1.807) is 0 Å². The summed E-state index contributed by atoms with van der Waals surface area (Å²) in [6.07, 6.45) is 3.41. The Labute approximate surface area is 91.4 Å². The summed E-state index contributed by atoms with van der Waals surface area (Å²) in [6, 6.07) is 8.63. The van der Waals surface area contributed by atoms with Crippen molar-refractivity contribution >= 4 is 0 Å². The fraction of sp³-hybridized carbons (Fsp3) is 0.538. The Morgan fingerprint density at radius 3 is 3.07 bits per heavy atom. The van der Waals surface area contributed by atoms with Crippen molar-refractivity contribution in [2.45, 2.75) is 32.2 Å². The number of nitrogens with two attached hydrogens (primary N) is 1. The Hall–Kier alpha value is -1.02. The molecular formula is C13H19NO. The molecule has 0 saturated heterocycles. The van der Waals surface area contributed by atoms with Crippen LogP contribution in [-0.2, 0) is 6.42 Å². The second kappa shape index (κ2) is 4.67. The Kier molecular flexibility index (Phi) is 3.27.